The molecule has 1 fully saturated rings. The minimum atomic E-state index is -0.413. The first-order valence-electron chi connectivity index (χ1n) is 5.70. The average molecular weight is 306 g/mol. The van der Waals surface area contributed by atoms with Crippen LogP contribution in [0.2, 0.25) is 0 Å². The summed E-state index contributed by atoms with van der Waals surface area (Å²) in [5.74, 6) is 0.380. The van der Waals surface area contributed by atoms with Gasteiger partial charge in [-0.25, -0.2) is 0 Å². The van der Waals surface area contributed by atoms with Gasteiger partial charge in [0, 0.05) is 52.3 Å². The van der Waals surface area contributed by atoms with Crippen LogP contribution in [0, 0.1) is 11.8 Å². The molecule has 0 aromatic rings. The number of methoxy groups -OCH3 is 1. The summed E-state index contributed by atoms with van der Waals surface area (Å²) < 4.78 is 5.24. The van der Waals surface area contributed by atoms with E-state index in [9.17, 15) is 10.2 Å². The van der Waals surface area contributed by atoms with Crippen LogP contribution in [0.5, 0.6) is 0 Å². The Morgan fingerprint density at radius 1 is 1.38 bits per heavy atom. The van der Waals surface area contributed by atoms with Crippen LogP contribution >= 0.6 is 0 Å². The summed E-state index contributed by atoms with van der Waals surface area (Å²) in [7, 11) is 3.53. The van der Waals surface area contributed by atoms with Crippen LogP contribution in [0.25, 0.3) is 0 Å². The molecular weight excluding hydrogens is 283 g/mol. The number of hydrogen-bond acceptors (Lipinski definition) is 4. The van der Waals surface area contributed by atoms with E-state index in [4.69, 9.17) is 4.74 Å². The Kier molecular flexibility index (Phi) is 9.48. The van der Waals surface area contributed by atoms with E-state index in [1.165, 1.54) is 0 Å². The number of rotatable bonds is 6. The van der Waals surface area contributed by atoms with Gasteiger partial charge < -0.3 is 20.3 Å². The van der Waals surface area contributed by atoms with Crippen molar-refractivity contribution in [2.24, 2.45) is 11.8 Å². The molecule has 0 amide bonds. The molecule has 1 aliphatic carbocycles. The number of ether oxygens (including phenoxy) is 1. The molecule has 0 bridgehead atoms. The first-order valence-corrected chi connectivity index (χ1v) is 5.70. The third kappa shape index (κ3) is 4.32. The van der Waals surface area contributed by atoms with Crippen molar-refractivity contribution in [2.75, 3.05) is 27.3 Å². The smallest absolute Gasteiger partial charge is 0.0882 e. The Balaban J connectivity index is 0.00000225. The Bertz CT molecular complexity index is 183. The molecule has 0 aliphatic heterocycles. The monoisotopic (exact) mass is 306 g/mol. The first-order chi connectivity index (χ1) is 7.24. The van der Waals surface area contributed by atoms with Crippen molar-refractivity contribution >= 4 is 0 Å². The maximum Gasteiger partial charge on any atom is 0.0882 e. The predicted molar refractivity (Wildman–Crippen MR) is 58.6 cm³/mol. The minimum Gasteiger partial charge on any atom is -0.396 e. The van der Waals surface area contributed by atoms with E-state index in [1.54, 1.807) is 7.11 Å². The number of aliphatic hydroxyl groups is 2. The third-order valence-corrected chi connectivity index (χ3v) is 3.40. The van der Waals surface area contributed by atoms with Gasteiger partial charge in [-0.2, -0.15) is 0 Å². The summed E-state index contributed by atoms with van der Waals surface area (Å²) in [5.41, 5.74) is 0. The van der Waals surface area contributed by atoms with Crippen molar-refractivity contribution in [3.63, 3.8) is 0 Å². The summed E-state index contributed by atoms with van der Waals surface area (Å²) in [5, 5.41) is 22.3. The Morgan fingerprint density at radius 3 is 2.50 bits per heavy atom. The van der Waals surface area contributed by atoms with Crippen LogP contribution in [0.15, 0.2) is 0 Å². The number of hydrogen-bond donors (Lipinski definition) is 3. The van der Waals surface area contributed by atoms with E-state index in [1.807, 2.05) is 7.05 Å². The van der Waals surface area contributed by atoms with Gasteiger partial charge in [0.1, 0.15) is 0 Å². The Hall–Kier alpha value is 0.944. The van der Waals surface area contributed by atoms with E-state index in [-0.39, 0.29) is 57.3 Å². The fraction of sp³-hybridized carbons (Fsp3) is 1.00. The molecule has 4 nitrogen and oxygen atoms in total. The quantitative estimate of drug-likeness (QED) is 0.604. The van der Waals surface area contributed by atoms with Crippen LogP contribution in [0.1, 0.15) is 19.3 Å². The fourth-order valence-corrected chi connectivity index (χ4v) is 2.55. The van der Waals surface area contributed by atoms with Crippen LogP contribution in [0.4, 0.5) is 0 Å². The maximum absolute atomic E-state index is 9.99. The van der Waals surface area contributed by atoms with Gasteiger partial charge in [-0.05, 0) is 38.8 Å². The van der Waals surface area contributed by atoms with Crippen molar-refractivity contribution in [1.29, 1.82) is 0 Å². The second-order valence-electron chi connectivity index (χ2n) is 4.38. The molecule has 5 heteroatoms. The normalized spacial score (nSPS) is 33.8. The van der Waals surface area contributed by atoms with Crippen molar-refractivity contribution in [3.05, 3.63) is 0 Å². The molecule has 0 aromatic heterocycles. The second kappa shape index (κ2) is 8.95. The third-order valence-electron chi connectivity index (χ3n) is 3.40. The van der Waals surface area contributed by atoms with Crippen molar-refractivity contribution in [2.45, 2.75) is 31.5 Å². The predicted octanol–water partition coefficient (Wildman–Crippen LogP) is -0.0122. The molecule has 1 saturated carbocycles. The summed E-state index contributed by atoms with van der Waals surface area (Å²) in [4.78, 5) is 0. The Morgan fingerprint density at radius 2 is 2.06 bits per heavy atom. The largest absolute Gasteiger partial charge is 0.396 e. The average Bonchev–Trinajstić information content (AvgIpc) is 2.55. The van der Waals surface area contributed by atoms with Gasteiger partial charge in [0.25, 0.3) is 0 Å². The summed E-state index contributed by atoms with van der Waals surface area (Å²) >= 11 is 0. The number of nitrogens with one attached hydrogen (secondary N) is 1. The molecule has 1 aliphatic rings. The number of aliphatic hydroxyl groups excluding tert-OH is 2. The van der Waals surface area contributed by atoms with Gasteiger partial charge in [0.2, 0.25) is 0 Å². The molecule has 4 unspecified atom stereocenters. The molecule has 0 aromatic carbocycles. The van der Waals surface area contributed by atoms with E-state index in [0.717, 1.165) is 25.8 Å². The summed E-state index contributed by atoms with van der Waals surface area (Å²) in [6.07, 6.45) is 2.34. The molecule has 0 heterocycles. The molecule has 4 atom stereocenters. The van der Waals surface area contributed by atoms with Crippen LogP contribution in [-0.2, 0) is 37.4 Å². The summed E-state index contributed by atoms with van der Waals surface area (Å²) in [6, 6.07) is 0. The zero-order valence-corrected chi connectivity index (χ0v) is 13.1. The van der Waals surface area contributed by atoms with Gasteiger partial charge in [0.15, 0.2) is 0 Å². The zero-order chi connectivity index (χ0) is 11.3. The second-order valence-corrected chi connectivity index (χ2v) is 4.38. The Labute approximate surface area is 123 Å². The topological polar surface area (TPSA) is 61.7 Å². The fourth-order valence-electron chi connectivity index (χ4n) is 2.55. The molecule has 0 spiro atoms. The van der Waals surface area contributed by atoms with Crippen molar-refractivity contribution in [1.82, 2.24) is 5.32 Å². The van der Waals surface area contributed by atoms with Gasteiger partial charge >= 0.3 is 0 Å². The molecule has 1 radical (unpaired) electrons. The maximum atomic E-state index is 9.99. The van der Waals surface area contributed by atoms with E-state index >= 15 is 0 Å². The molecule has 93 valence electrons. The van der Waals surface area contributed by atoms with Crippen molar-refractivity contribution in [3.8, 4) is 0 Å². The van der Waals surface area contributed by atoms with Gasteiger partial charge in [-0.3, -0.25) is 0 Å². The van der Waals surface area contributed by atoms with Crippen LogP contribution < -0.4 is 5.32 Å². The molecular formula is C11H23NO3Y. The van der Waals surface area contributed by atoms with Gasteiger partial charge in [0.05, 0.1) is 12.2 Å². The minimum absolute atomic E-state index is 0. The van der Waals surface area contributed by atoms with Crippen LogP contribution in [0.3, 0.4) is 0 Å². The van der Waals surface area contributed by atoms with E-state index < -0.39 is 6.10 Å². The zero-order valence-electron chi connectivity index (χ0n) is 10.2. The molecule has 3 N–H and O–H groups in total. The van der Waals surface area contributed by atoms with Gasteiger partial charge in [-0.1, -0.05) is 0 Å². The molecule has 0 saturated heterocycles. The SMILES string of the molecule is CNCCCC1CC(CO)C(OC)C1O.[Y]. The van der Waals surface area contributed by atoms with E-state index in [2.05, 4.69) is 5.32 Å². The molecule has 1 rings (SSSR count). The first kappa shape index (κ1) is 16.9. The van der Waals surface area contributed by atoms with Crippen LogP contribution in [-0.4, -0.2) is 49.7 Å². The standard InChI is InChI=1S/C11H23NO3.Y/c1-12-5-3-4-8-6-9(7-13)11(15-2)10(8)14;/h8-14H,3-7H2,1-2H3;. The van der Waals surface area contributed by atoms with Crippen molar-refractivity contribution < 1.29 is 47.7 Å². The molecule has 16 heavy (non-hydrogen) atoms. The summed E-state index contributed by atoms with van der Waals surface area (Å²) in [6.45, 7) is 1.09. The van der Waals surface area contributed by atoms with Gasteiger partial charge in [-0.15, -0.1) is 0 Å². The van der Waals surface area contributed by atoms with E-state index in [0.29, 0.717) is 0 Å².